The van der Waals surface area contributed by atoms with Crippen molar-refractivity contribution in [3.8, 4) is 0 Å². The second-order valence-corrected chi connectivity index (χ2v) is 8.91. The Morgan fingerprint density at radius 3 is 2.24 bits per heavy atom. The molecule has 2 fully saturated rings. The van der Waals surface area contributed by atoms with Gasteiger partial charge in [-0.25, -0.2) is 0 Å². The Kier molecular flexibility index (Phi) is 5.78. The Labute approximate surface area is 112 Å². The predicted molar refractivity (Wildman–Crippen MR) is 61.0 cm³/mol. The Morgan fingerprint density at radius 2 is 1.71 bits per heavy atom. The van der Waals surface area contributed by atoms with E-state index in [1.165, 1.54) is 0 Å². The van der Waals surface area contributed by atoms with E-state index in [1.807, 2.05) is 20.8 Å². The molecule has 0 bridgehead atoms. The molecular formula is C9H18As2O6. The first-order valence-electron chi connectivity index (χ1n) is 5.63. The van der Waals surface area contributed by atoms with Gasteiger partial charge in [0.25, 0.3) is 0 Å². The van der Waals surface area contributed by atoms with Crippen LogP contribution in [0.3, 0.4) is 0 Å². The van der Waals surface area contributed by atoms with Crippen molar-refractivity contribution in [2.75, 3.05) is 19.8 Å². The molecule has 2 heterocycles. The van der Waals surface area contributed by atoms with Crippen LogP contribution in [0, 0.1) is 0 Å². The normalized spacial score (nSPS) is 39.7. The third-order valence-electron chi connectivity index (χ3n) is 2.04. The number of hydrogen-bond donors (Lipinski definition) is 0. The molecule has 2 saturated heterocycles. The molecule has 0 N–H and O–H groups in total. The van der Waals surface area contributed by atoms with Crippen LogP contribution in [0.25, 0.3) is 0 Å². The van der Waals surface area contributed by atoms with Crippen LogP contribution < -0.4 is 0 Å². The van der Waals surface area contributed by atoms with E-state index in [0.717, 1.165) is 0 Å². The minimum atomic E-state index is -1.99. The van der Waals surface area contributed by atoms with Gasteiger partial charge in [-0.2, -0.15) is 0 Å². The van der Waals surface area contributed by atoms with Crippen molar-refractivity contribution in [2.45, 2.75) is 39.1 Å². The van der Waals surface area contributed by atoms with Crippen LogP contribution in [-0.4, -0.2) is 69.5 Å². The topological polar surface area (TPSA) is 55.4 Å². The molecule has 0 radical (unpaired) electrons. The standard InChI is InChI=1S/C9H18As2O6/c1-7-4-12-10(15-7)13-5-8(2)16-11-14-6-9(3)17-11/h7-9H,4-6H2,1-3H3. The molecule has 6 nitrogen and oxygen atoms in total. The van der Waals surface area contributed by atoms with Crippen molar-refractivity contribution in [2.24, 2.45) is 0 Å². The predicted octanol–water partition coefficient (Wildman–Crippen LogP) is 0.248. The maximum absolute atomic E-state index is 5.66. The van der Waals surface area contributed by atoms with E-state index in [1.54, 1.807) is 0 Å². The molecule has 17 heavy (non-hydrogen) atoms. The Bertz CT molecular complexity index is 244. The third kappa shape index (κ3) is 4.81. The van der Waals surface area contributed by atoms with Gasteiger partial charge in [-0.05, 0) is 0 Å². The van der Waals surface area contributed by atoms with Gasteiger partial charge in [0, 0.05) is 0 Å². The van der Waals surface area contributed by atoms with Crippen molar-refractivity contribution >= 4 is 31.4 Å². The molecule has 100 valence electrons. The van der Waals surface area contributed by atoms with Crippen molar-refractivity contribution < 1.29 is 22.4 Å². The molecule has 0 saturated carbocycles. The van der Waals surface area contributed by atoms with Crippen molar-refractivity contribution in [3.05, 3.63) is 0 Å². The first-order chi connectivity index (χ1) is 8.13. The summed E-state index contributed by atoms with van der Waals surface area (Å²) in [7, 11) is 0. The molecule has 8 heteroatoms. The molecule has 5 unspecified atom stereocenters. The molecular weight excluding hydrogens is 354 g/mol. The molecule has 0 spiro atoms. The SMILES string of the molecule is CC1CO[As](OCC(C)O[As]2OCC(C)O2)O1. The van der Waals surface area contributed by atoms with E-state index in [4.69, 9.17) is 22.4 Å². The summed E-state index contributed by atoms with van der Waals surface area (Å²) in [5, 5.41) is 0. The van der Waals surface area contributed by atoms with Crippen LogP contribution in [-0.2, 0) is 22.4 Å². The average Bonchev–Trinajstić information content (AvgIpc) is 2.85. The van der Waals surface area contributed by atoms with Crippen molar-refractivity contribution in [1.29, 1.82) is 0 Å². The fourth-order valence-corrected chi connectivity index (χ4v) is 6.30. The molecule has 0 aromatic carbocycles. The van der Waals surface area contributed by atoms with E-state index in [2.05, 4.69) is 0 Å². The van der Waals surface area contributed by atoms with Crippen molar-refractivity contribution in [1.82, 2.24) is 0 Å². The van der Waals surface area contributed by atoms with E-state index in [0.29, 0.717) is 19.8 Å². The fraction of sp³-hybridized carbons (Fsp3) is 1.00. The first kappa shape index (κ1) is 14.3. The molecule has 2 aliphatic heterocycles. The van der Waals surface area contributed by atoms with Gasteiger partial charge < -0.3 is 0 Å². The zero-order valence-electron chi connectivity index (χ0n) is 10.2. The Hall–Kier alpha value is 0.877. The molecule has 0 aromatic heterocycles. The van der Waals surface area contributed by atoms with E-state index in [-0.39, 0.29) is 18.3 Å². The van der Waals surface area contributed by atoms with Gasteiger partial charge in [0.1, 0.15) is 0 Å². The monoisotopic (exact) mass is 372 g/mol. The average molecular weight is 372 g/mol. The van der Waals surface area contributed by atoms with Gasteiger partial charge in [0.2, 0.25) is 0 Å². The molecule has 5 atom stereocenters. The van der Waals surface area contributed by atoms with Crippen LogP contribution in [0.1, 0.15) is 20.8 Å². The molecule has 2 aliphatic rings. The van der Waals surface area contributed by atoms with Gasteiger partial charge in [0.05, 0.1) is 0 Å². The summed E-state index contributed by atoms with van der Waals surface area (Å²) in [5.74, 6) is 0. The maximum atomic E-state index is 5.66. The van der Waals surface area contributed by atoms with E-state index < -0.39 is 31.4 Å². The Balaban J connectivity index is 1.59. The van der Waals surface area contributed by atoms with Gasteiger partial charge in [-0.1, -0.05) is 0 Å². The Morgan fingerprint density at radius 1 is 1.12 bits per heavy atom. The van der Waals surface area contributed by atoms with Crippen LogP contribution >= 0.6 is 0 Å². The summed E-state index contributed by atoms with van der Waals surface area (Å²) in [5.41, 5.74) is 0. The summed E-state index contributed by atoms with van der Waals surface area (Å²) < 4.78 is 33.0. The first-order valence-corrected chi connectivity index (χ1v) is 10.2. The van der Waals surface area contributed by atoms with E-state index in [9.17, 15) is 0 Å². The zero-order valence-corrected chi connectivity index (χ0v) is 14.0. The molecule has 2 rings (SSSR count). The second kappa shape index (κ2) is 6.87. The summed E-state index contributed by atoms with van der Waals surface area (Å²) in [6.45, 7) is 7.64. The molecule has 0 aliphatic carbocycles. The zero-order chi connectivity index (χ0) is 12.3. The minimum absolute atomic E-state index is 0.0437. The van der Waals surface area contributed by atoms with Gasteiger partial charge in [0.15, 0.2) is 0 Å². The second-order valence-electron chi connectivity index (χ2n) is 4.08. The van der Waals surface area contributed by atoms with Crippen LogP contribution in [0.4, 0.5) is 0 Å². The summed E-state index contributed by atoms with van der Waals surface area (Å²) in [6, 6.07) is 0. The molecule has 0 aromatic rings. The van der Waals surface area contributed by atoms with Gasteiger partial charge in [-0.15, -0.1) is 0 Å². The summed E-state index contributed by atoms with van der Waals surface area (Å²) in [4.78, 5) is 0. The van der Waals surface area contributed by atoms with E-state index >= 15 is 0 Å². The van der Waals surface area contributed by atoms with Crippen LogP contribution in [0.15, 0.2) is 0 Å². The quantitative estimate of drug-likeness (QED) is 0.645. The van der Waals surface area contributed by atoms with Crippen LogP contribution in [0.5, 0.6) is 0 Å². The van der Waals surface area contributed by atoms with Crippen molar-refractivity contribution in [3.63, 3.8) is 0 Å². The fourth-order valence-electron chi connectivity index (χ4n) is 1.21. The number of rotatable bonds is 5. The van der Waals surface area contributed by atoms with Crippen LogP contribution in [0.2, 0.25) is 0 Å². The van der Waals surface area contributed by atoms with Gasteiger partial charge in [-0.3, -0.25) is 0 Å². The van der Waals surface area contributed by atoms with Gasteiger partial charge >= 0.3 is 113 Å². The summed E-state index contributed by atoms with van der Waals surface area (Å²) >= 11 is -3.95. The third-order valence-corrected chi connectivity index (χ3v) is 7.66. The molecule has 0 amide bonds. The number of hydrogen-bond acceptors (Lipinski definition) is 6. The summed E-state index contributed by atoms with van der Waals surface area (Å²) in [6.07, 6.45) is 0.265.